The first kappa shape index (κ1) is 26.0. The van der Waals surface area contributed by atoms with Crippen molar-refractivity contribution in [1.82, 2.24) is 0 Å². The lowest BCUT2D eigenvalue weighted by Crippen LogP contribution is -2.11. The van der Waals surface area contributed by atoms with Gasteiger partial charge in [0, 0.05) is 16.3 Å². The molecule has 0 atom stereocenters. The van der Waals surface area contributed by atoms with E-state index in [-0.39, 0.29) is 5.97 Å². The Morgan fingerprint density at radius 2 is 1.12 bits per heavy atom. The first-order chi connectivity index (χ1) is 12.5. The molecule has 2 nitrogen and oxygen atoms in total. The number of unbranched alkanes of at least 4 members (excludes halogenated alkanes) is 14. The van der Waals surface area contributed by atoms with Crippen molar-refractivity contribution in [2.45, 2.75) is 107 Å². The Hall–Kier alpha value is 0.00688. The largest absolute Gasteiger partial charge is 0.463 e. The van der Waals surface area contributed by atoms with Crippen molar-refractivity contribution < 1.29 is 9.53 Å². The molecule has 0 heterocycles. The van der Waals surface area contributed by atoms with Crippen LogP contribution in [0.25, 0.3) is 0 Å². The summed E-state index contributed by atoms with van der Waals surface area (Å²) in [7, 11) is 0.860. The molecule has 0 fully saturated rings. The van der Waals surface area contributed by atoms with Gasteiger partial charge in [0.05, 0.1) is 10.6 Å². The van der Waals surface area contributed by atoms with Crippen molar-refractivity contribution in [3.63, 3.8) is 0 Å². The highest BCUT2D eigenvalue weighted by Gasteiger charge is 2.14. The van der Waals surface area contributed by atoms with E-state index in [1.807, 2.05) is 0 Å². The van der Waals surface area contributed by atoms with E-state index < -0.39 is 3.96 Å². The SMILES string of the molecule is C=CC(=O)OCCCCCCCCCCCCCCCCCC([SiH3])(Cl)Cl. The van der Waals surface area contributed by atoms with Crippen LogP contribution in [0.2, 0.25) is 0 Å². The summed E-state index contributed by atoms with van der Waals surface area (Å²) >= 11 is 12.1. The standard InChI is InChI=1S/C21H40Cl2O2Si/c1-2-20(24)25-19-17-15-13-11-9-7-5-3-4-6-8-10-12-14-16-18-21(22,23)26/h2H,1,3-19H2,26H3. The number of hydrogen-bond donors (Lipinski definition) is 0. The molecule has 0 rings (SSSR count). The van der Waals surface area contributed by atoms with E-state index >= 15 is 0 Å². The van der Waals surface area contributed by atoms with Gasteiger partial charge in [0.15, 0.2) is 0 Å². The summed E-state index contributed by atoms with van der Waals surface area (Å²) in [5.41, 5.74) is 0. The lowest BCUT2D eigenvalue weighted by atomic mass is 10.0. The van der Waals surface area contributed by atoms with Crippen molar-refractivity contribution in [1.29, 1.82) is 0 Å². The summed E-state index contributed by atoms with van der Waals surface area (Å²) < 4.78 is 4.55. The molecule has 0 N–H and O–H groups in total. The summed E-state index contributed by atoms with van der Waals surface area (Å²) in [4.78, 5) is 10.9. The third kappa shape index (κ3) is 22.0. The minimum atomic E-state index is -0.403. The minimum absolute atomic E-state index is 0.309. The van der Waals surface area contributed by atoms with E-state index in [9.17, 15) is 4.79 Å². The van der Waals surface area contributed by atoms with E-state index in [2.05, 4.69) is 6.58 Å². The maximum absolute atomic E-state index is 10.9. The second-order valence-corrected chi connectivity index (χ2v) is 12.3. The topological polar surface area (TPSA) is 26.3 Å². The summed E-state index contributed by atoms with van der Waals surface area (Å²) in [5, 5.41) is 0. The Kier molecular flexibility index (Phi) is 18.4. The molecule has 0 spiro atoms. The summed E-state index contributed by atoms with van der Waals surface area (Å²) in [5.74, 6) is -0.309. The third-order valence-electron chi connectivity index (χ3n) is 4.67. The van der Waals surface area contributed by atoms with Gasteiger partial charge in [-0.25, -0.2) is 4.79 Å². The number of hydrogen-bond acceptors (Lipinski definition) is 2. The Balaban J connectivity index is 3.07. The first-order valence-electron chi connectivity index (χ1n) is 10.6. The zero-order valence-corrected chi connectivity index (χ0v) is 20.4. The molecule has 0 aliphatic carbocycles. The lowest BCUT2D eigenvalue weighted by Gasteiger charge is -2.12. The molecule has 0 aromatic heterocycles. The van der Waals surface area contributed by atoms with Gasteiger partial charge in [-0.3, -0.25) is 0 Å². The molecule has 0 saturated carbocycles. The van der Waals surface area contributed by atoms with E-state index in [4.69, 9.17) is 27.9 Å². The molecule has 0 saturated heterocycles. The predicted molar refractivity (Wildman–Crippen MR) is 119 cm³/mol. The number of ether oxygens (including phenoxy) is 1. The van der Waals surface area contributed by atoms with Crippen LogP contribution in [0.3, 0.4) is 0 Å². The average Bonchev–Trinajstić information content (AvgIpc) is 2.59. The highest BCUT2D eigenvalue weighted by molar-refractivity contribution is 6.65. The molecule has 0 aromatic carbocycles. The van der Waals surface area contributed by atoms with Gasteiger partial charge in [-0.05, 0) is 12.8 Å². The Morgan fingerprint density at radius 1 is 0.769 bits per heavy atom. The summed E-state index contributed by atoms with van der Waals surface area (Å²) in [6.07, 6.45) is 21.7. The van der Waals surface area contributed by atoms with E-state index in [0.29, 0.717) is 6.61 Å². The molecular weight excluding hydrogens is 383 g/mol. The maximum Gasteiger partial charge on any atom is 0.330 e. The predicted octanol–water partition coefficient (Wildman–Crippen LogP) is 6.45. The second-order valence-electron chi connectivity index (χ2n) is 7.50. The van der Waals surface area contributed by atoms with Crippen molar-refractivity contribution in [3.8, 4) is 0 Å². The number of rotatable bonds is 19. The van der Waals surface area contributed by atoms with Gasteiger partial charge in [-0.15, -0.1) is 23.2 Å². The van der Waals surface area contributed by atoms with Crippen LogP contribution in [-0.2, 0) is 9.53 Å². The molecule has 5 heteroatoms. The zero-order chi connectivity index (χ0) is 19.5. The van der Waals surface area contributed by atoms with Crippen molar-refractivity contribution >= 4 is 39.4 Å². The van der Waals surface area contributed by atoms with Crippen LogP contribution in [0, 0.1) is 0 Å². The number of carbonyl (C=O) groups is 1. The van der Waals surface area contributed by atoms with Gasteiger partial charge in [-0.1, -0.05) is 96.5 Å². The molecule has 0 unspecified atom stereocenters. The lowest BCUT2D eigenvalue weighted by molar-refractivity contribution is -0.137. The van der Waals surface area contributed by atoms with Crippen LogP contribution in [0.15, 0.2) is 12.7 Å². The molecule has 0 aromatic rings. The average molecular weight is 424 g/mol. The van der Waals surface area contributed by atoms with Gasteiger partial charge >= 0.3 is 5.97 Å². The first-order valence-corrected chi connectivity index (χ1v) is 12.4. The van der Waals surface area contributed by atoms with Gasteiger partial charge in [0.25, 0.3) is 0 Å². The third-order valence-corrected chi connectivity index (χ3v) is 5.55. The zero-order valence-electron chi connectivity index (χ0n) is 16.9. The highest BCUT2D eigenvalue weighted by Crippen LogP contribution is 2.24. The Morgan fingerprint density at radius 3 is 1.46 bits per heavy atom. The normalized spacial score (nSPS) is 11.6. The maximum atomic E-state index is 10.9. The molecule has 26 heavy (non-hydrogen) atoms. The fourth-order valence-corrected chi connectivity index (χ4v) is 3.69. The Labute approximate surface area is 174 Å². The van der Waals surface area contributed by atoms with Gasteiger partial charge in [0.2, 0.25) is 0 Å². The smallest absolute Gasteiger partial charge is 0.330 e. The fourth-order valence-electron chi connectivity index (χ4n) is 3.07. The molecule has 0 bridgehead atoms. The molecule has 0 aliphatic heterocycles. The monoisotopic (exact) mass is 422 g/mol. The number of carbonyl (C=O) groups excluding carboxylic acids is 1. The number of halogens is 2. The van der Waals surface area contributed by atoms with Crippen LogP contribution >= 0.6 is 23.2 Å². The van der Waals surface area contributed by atoms with Crippen LogP contribution in [0.5, 0.6) is 0 Å². The summed E-state index contributed by atoms with van der Waals surface area (Å²) in [6, 6.07) is 0. The number of esters is 1. The van der Waals surface area contributed by atoms with Gasteiger partial charge in [0.1, 0.15) is 0 Å². The molecule has 0 amide bonds. The molecule has 0 radical (unpaired) electrons. The number of alkyl halides is 2. The summed E-state index contributed by atoms with van der Waals surface area (Å²) in [6.45, 7) is 3.91. The van der Waals surface area contributed by atoms with Crippen LogP contribution in [0.4, 0.5) is 0 Å². The van der Waals surface area contributed by atoms with Crippen LogP contribution < -0.4 is 0 Å². The highest BCUT2D eigenvalue weighted by atomic mass is 35.5. The molecular formula is C21H40Cl2O2Si. The van der Waals surface area contributed by atoms with Gasteiger partial charge < -0.3 is 4.74 Å². The van der Waals surface area contributed by atoms with Crippen molar-refractivity contribution in [2.24, 2.45) is 0 Å². The minimum Gasteiger partial charge on any atom is -0.463 e. The Bertz CT molecular complexity index is 343. The van der Waals surface area contributed by atoms with Crippen molar-refractivity contribution in [2.75, 3.05) is 6.61 Å². The second kappa shape index (κ2) is 18.4. The van der Waals surface area contributed by atoms with E-state index in [1.54, 1.807) is 0 Å². The quantitative estimate of drug-likeness (QED) is 0.0784. The van der Waals surface area contributed by atoms with Crippen LogP contribution in [-0.4, -0.2) is 26.8 Å². The molecule has 154 valence electrons. The van der Waals surface area contributed by atoms with Crippen LogP contribution in [0.1, 0.15) is 103 Å². The van der Waals surface area contributed by atoms with E-state index in [1.165, 1.54) is 89.5 Å². The van der Waals surface area contributed by atoms with Crippen molar-refractivity contribution in [3.05, 3.63) is 12.7 Å². The van der Waals surface area contributed by atoms with Gasteiger partial charge in [-0.2, -0.15) is 0 Å². The molecule has 0 aliphatic rings. The van der Waals surface area contributed by atoms with E-state index in [0.717, 1.165) is 29.5 Å². The fraction of sp³-hybridized carbons (Fsp3) is 0.857.